The summed E-state index contributed by atoms with van der Waals surface area (Å²) in [5.74, 6) is -0.0580. The second kappa shape index (κ2) is 6.96. The summed E-state index contributed by atoms with van der Waals surface area (Å²) >= 11 is 2.26. The van der Waals surface area contributed by atoms with Crippen molar-refractivity contribution in [2.45, 2.75) is 26.7 Å². The summed E-state index contributed by atoms with van der Waals surface area (Å²) < 4.78 is 1.17. The van der Waals surface area contributed by atoms with E-state index in [1.54, 1.807) is 0 Å². The van der Waals surface area contributed by atoms with E-state index in [9.17, 15) is 4.79 Å². The molecule has 0 radical (unpaired) electrons. The Morgan fingerprint density at radius 3 is 2.76 bits per heavy atom. The Bertz CT molecular complexity index is 393. The van der Waals surface area contributed by atoms with Crippen molar-refractivity contribution in [3.05, 3.63) is 27.3 Å². The van der Waals surface area contributed by atoms with Crippen LogP contribution in [0.2, 0.25) is 0 Å². The average molecular weight is 346 g/mol. The molecule has 0 saturated carbocycles. The fourth-order valence-electron chi connectivity index (χ4n) is 1.71. The molecule has 3 nitrogen and oxygen atoms in total. The van der Waals surface area contributed by atoms with Gasteiger partial charge in [0.25, 0.3) is 0 Å². The number of hydrogen-bond donors (Lipinski definition) is 2. The van der Waals surface area contributed by atoms with Crippen LogP contribution in [-0.2, 0) is 4.79 Å². The lowest BCUT2D eigenvalue weighted by Gasteiger charge is -2.15. The number of rotatable bonds is 5. The third-order valence-corrected chi connectivity index (χ3v) is 3.41. The lowest BCUT2D eigenvalue weighted by atomic mass is 10.0. The quantitative estimate of drug-likeness (QED) is 0.806. The summed E-state index contributed by atoms with van der Waals surface area (Å²) in [5, 5.41) is 2.95. The van der Waals surface area contributed by atoms with Crippen molar-refractivity contribution < 1.29 is 4.79 Å². The molecule has 94 valence electrons. The van der Waals surface area contributed by atoms with Gasteiger partial charge in [0.1, 0.15) is 0 Å². The molecule has 3 N–H and O–H groups in total. The first-order valence-electron chi connectivity index (χ1n) is 5.85. The van der Waals surface area contributed by atoms with Crippen LogP contribution in [0.25, 0.3) is 0 Å². The molecule has 0 aliphatic heterocycles. The van der Waals surface area contributed by atoms with Gasteiger partial charge in [0, 0.05) is 15.8 Å². The van der Waals surface area contributed by atoms with Gasteiger partial charge in [-0.2, -0.15) is 0 Å². The molecule has 1 amide bonds. The molecule has 17 heavy (non-hydrogen) atoms. The van der Waals surface area contributed by atoms with Crippen LogP contribution in [0, 0.1) is 16.4 Å². The van der Waals surface area contributed by atoms with Crippen LogP contribution in [-0.4, -0.2) is 12.5 Å². The maximum atomic E-state index is 12.0. The van der Waals surface area contributed by atoms with Gasteiger partial charge < -0.3 is 11.1 Å². The maximum absolute atomic E-state index is 12.0. The fraction of sp³-hybridized carbons (Fsp3) is 0.462. The van der Waals surface area contributed by atoms with Crippen molar-refractivity contribution in [3.63, 3.8) is 0 Å². The number of hydrogen-bond acceptors (Lipinski definition) is 2. The van der Waals surface area contributed by atoms with E-state index in [1.165, 1.54) is 3.57 Å². The minimum absolute atomic E-state index is 0.0265. The molecule has 0 saturated heterocycles. The van der Waals surface area contributed by atoms with Crippen molar-refractivity contribution in [2.24, 2.45) is 11.7 Å². The van der Waals surface area contributed by atoms with E-state index in [0.29, 0.717) is 6.54 Å². The number of halogens is 1. The number of aryl methyl sites for hydroxylation is 1. The van der Waals surface area contributed by atoms with Crippen LogP contribution in [0.3, 0.4) is 0 Å². The van der Waals surface area contributed by atoms with Gasteiger partial charge in [-0.1, -0.05) is 13.3 Å². The minimum atomic E-state index is -0.0846. The molecule has 1 rings (SSSR count). The van der Waals surface area contributed by atoms with E-state index in [1.807, 2.05) is 25.1 Å². The van der Waals surface area contributed by atoms with E-state index < -0.39 is 0 Å². The summed E-state index contributed by atoms with van der Waals surface area (Å²) in [5.41, 5.74) is 7.57. The number of benzene rings is 1. The topological polar surface area (TPSA) is 55.1 Å². The number of nitrogens with one attached hydrogen (secondary N) is 1. The number of carbonyl (C=O) groups excluding carboxylic acids is 1. The molecular weight excluding hydrogens is 327 g/mol. The Hall–Kier alpha value is -0.620. The van der Waals surface area contributed by atoms with Gasteiger partial charge in [0.05, 0.1) is 5.92 Å². The van der Waals surface area contributed by atoms with Gasteiger partial charge in [-0.05, 0) is 59.7 Å². The monoisotopic (exact) mass is 346 g/mol. The second-order valence-electron chi connectivity index (χ2n) is 4.17. The standard InChI is InChI=1S/C13H19IN2O/c1-3-4-10(8-15)13(17)16-12-6-5-11(14)7-9(12)2/h5-7,10H,3-4,8,15H2,1-2H3,(H,16,17). The van der Waals surface area contributed by atoms with E-state index in [0.717, 1.165) is 24.1 Å². The normalized spacial score (nSPS) is 12.2. The molecule has 0 fully saturated rings. The lowest BCUT2D eigenvalue weighted by Crippen LogP contribution is -2.29. The SMILES string of the molecule is CCCC(CN)C(=O)Nc1ccc(I)cc1C. The van der Waals surface area contributed by atoms with E-state index in [4.69, 9.17) is 5.73 Å². The number of anilines is 1. The van der Waals surface area contributed by atoms with Gasteiger partial charge in [0.2, 0.25) is 5.91 Å². The van der Waals surface area contributed by atoms with Crippen LogP contribution in [0.4, 0.5) is 5.69 Å². The van der Waals surface area contributed by atoms with Gasteiger partial charge in [-0.25, -0.2) is 0 Å². The summed E-state index contributed by atoms with van der Waals surface area (Å²) in [7, 11) is 0. The van der Waals surface area contributed by atoms with Crippen LogP contribution in [0.5, 0.6) is 0 Å². The third kappa shape index (κ3) is 4.27. The highest BCUT2D eigenvalue weighted by atomic mass is 127. The molecule has 1 atom stereocenters. The highest BCUT2D eigenvalue weighted by molar-refractivity contribution is 14.1. The largest absolute Gasteiger partial charge is 0.330 e. The maximum Gasteiger partial charge on any atom is 0.228 e. The molecule has 1 unspecified atom stereocenters. The Kier molecular flexibility index (Phi) is 5.91. The first-order chi connectivity index (χ1) is 8.08. The van der Waals surface area contributed by atoms with Gasteiger partial charge in [-0.15, -0.1) is 0 Å². The average Bonchev–Trinajstić information content (AvgIpc) is 2.29. The molecule has 0 bridgehead atoms. The molecule has 0 heterocycles. The molecule has 0 aliphatic carbocycles. The van der Waals surface area contributed by atoms with E-state index >= 15 is 0 Å². The van der Waals surface area contributed by atoms with Gasteiger partial charge in [-0.3, -0.25) is 4.79 Å². The smallest absolute Gasteiger partial charge is 0.228 e. The first-order valence-corrected chi connectivity index (χ1v) is 6.93. The van der Waals surface area contributed by atoms with Crippen molar-refractivity contribution >= 4 is 34.2 Å². The van der Waals surface area contributed by atoms with E-state index in [2.05, 4.69) is 34.8 Å². The summed E-state index contributed by atoms with van der Waals surface area (Å²) in [6, 6.07) is 5.97. The molecule has 1 aromatic rings. The highest BCUT2D eigenvalue weighted by Gasteiger charge is 2.16. The van der Waals surface area contributed by atoms with Crippen molar-refractivity contribution in [3.8, 4) is 0 Å². The van der Waals surface area contributed by atoms with Gasteiger partial charge in [0.15, 0.2) is 0 Å². The number of nitrogens with two attached hydrogens (primary N) is 1. The summed E-state index contributed by atoms with van der Waals surface area (Å²) in [6.07, 6.45) is 1.81. The van der Waals surface area contributed by atoms with Crippen LogP contribution < -0.4 is 11.1 Å². The predicted octanol–water partition coefficient (Wildman–Crippen LogP) is 2.91. The van der Waals surface area contributed by atoms with Gasteiger partial charge >= 0.3 is 0 Å². The zero-order chi connectivity index (χ0) is 12.8. The van der Waals surface area contributed by atoms with Crippen LogP contribution >= 0.6 is 22.6 Å². The highest BCUT2D eigenvalue weighted by Crippen LogP contribution is 2.19. The zero-order valence-corrected chi connectivity index (χ0v) is 12.5. The fourth-order valence-corrected chi connectivity index (χ4v) is 2.35. The number of amides is 1. The molecule has 1 aromatic carbocycles. The van der Waals surface area contributed by atoms with Crippen molar-refractivity contribution in [2.75, 3.05) is 11.9 Å². The third-order valence-electron chi connectivity index (χ3n) is 2.74. The Morgan fingerprint density at radius 1 is 1.53 bits per heavy atom. The van der Waals surface area contributed by atoms with Crippen molar-refractivity contribution in [1.82, 2.24) is 0 Å². The lowest BCUT2D eigenvalue weighted by molar-refractivity contribution is -0.119. The Morgan fingerprint density at radius 2 is 2.24 bits per heavy atom. The van der Waals surface area contributed by atoms with Crippen molar-refractivity contribution in [1.29, 1.82) is 0 Å². The summed E-state index contributed by atoms with van der Waals surface area (Å²) in [6.45, 7) is 4.46. The molecule has 0 spiro atoms. The molecule has 0 aliphatic rings. The summed E-state index contributed by atoms with van der Waals surface area (Å²) in [4.78, 5) is 12.0. The van der Waals surface area contributed by atoms with E-state index in [-0.39, 0.29) is 11.8 Å². The number of carbonyl (C=O) groups is 1. The molecular formula is C13H19IN2O. The Balaban J connectivity index is 2.73. The minimum Gasteiger partial charge on any atom is -0.330 e. The first kappa shape index (κ1) is 14.4. The Labute approximate surface area is 116 Å². The second-order valence-corrected chi connectivity index (χ2v) is 5.42. The van der Waals surface area contributed by atoms with Crippen LogP contribution in [0.15, 0.2) is 18.2 Å². The molecule has 4 heteroatoms. The predicted molar refractivity (Wildman–Crippen MR) is 80.0 cm³/mol. The van der Waals surface area contributed by atoms with Crippen LogP contribution in [0.1, 0.15) is 25.3 Å². The molecule has 0 aromatic heterocycles. The zero-order valence-electron chi connectivity index (χ0n) is 10.3.